The number of thiocyanates is 1. The molecule has 0 aliphatic rings. The van der Waals surface area contributed by atoms with Gasteiger partial charge in [0.05, 0.1) is 5.60 Å². The van der Waals surface area contributed by atoms with Gasteiger partial charge >= 0.3 is 0 Å². The van der Waals surface area contributed by atoms with Gasteiger partial charge in [0.1, 0.15) is 15.9 Å². The Bertz CT molecular complexity index is 203. The number of nitrogens with zero attached hydrogens (tertiary/aromatic N) is 1. The summed E-state index contributed by atoms with van der Waals surface area (Å²) >= 11 is 1.37. The highest BCUT2D eigenvalue weighted by molar-refractivity contribution is 8.04. The molecule has 0 N–H and O–H groups in total. The summed E-state index contributed by atoms with van der Waals surface area (Å²) in [5, 5.41) is 11.3. The summed E-state index contributed by atoms with van der Waals surface area (Å²) < 4.78 is 5.58. The van der Waals surface area contributed by atoms with E-state index in [1.54, 1.807) is 0 Å². The predicted octanol–water partition coefficient (Wildman–Crippen LogP) is 2.62. The number of unbranched alkanes of at least 4 members (excludes halogenated alkanes) is 3. The van der Waals surface area contributed by atoms with E-state index in [-0.39, 0.29) is 5.60 Å². The van der Waals surface area contributed by atoms with Crippen molar-refractivity contribution in [2.24, 2.45) is 0 Å². The van der Waals surface area contributed by atoms with E-state index in [1.165, 1.54) is 37.4 Å². The second-order valence-electron chi connectivity index (χ2n) is 4.35. The molecule has 1 atom stereocenters. The highest BCUT2D eigenvalue weighted by atomic mass is 32.2. The number of thioether (sulfide) groups is 1. The summed E-state index contributed by atoms with van der Waals surface area (Å²) in [5.74, 6) is 0. The van der Waals surface area contributed by atoms with E-state index >= 15 is 0 Å². The Morgan fingerprint density at radius 3 is 2.53 bits per heavy atom. The zero-order valence-corrected chi connectivity index (χ0v) is 13.2. The van der Waals surface area contributed by atoms with Gasteiger partial charge in [0, 0.05) is 5.25 Å². The lowest BCUT2D eigenvalue weighted by Crippen LogP contribution is -2.36. The van der Waals surface area contributed by atoms with E-state index in [4.69, 9.17) is 9.69 Å². The molecule has 0 aromatic heterocycles. The van der Waals surface area contributed by atoms with Gasteiger partial charge in [-0.15, -0.1) is 0 Å². The van der Waals surface area contributed by atoms with Crippen LogP contribution in [0.5, 0.6) is 0 Å². The fourth-order valence-corrected chi connectivity index (χ4v) is 2.75. The highest BCUT2D eigenvalue weighted by Gasteiger charge is 2.28. The first kappa shape index (κ1) is 15.0. The largest absolute Gasteiger partial charge is 0.422 e. The van der Waals surface area contributed by atoms with Crippen molar-refractivity contribution in [2.45, 2.75) is 63.7 Å². The smallest absolute Gasteiger partial charge is 0.146 e. The molecule has 0 bridgehead atoms. The number of rotatable bonds is 8. The van der Waals surface area contributed by atoms with Gasteiger partial charge in [-0.3, -0.25) is 0 Å². The lowest BCUT2D eigenvalue weighted by atomic mass is 9.99. The fraction of sp³-hybridized carbons (Fsp3) is 0.909. The minimum Gasteiger partial charge on any atom is -0.422 e. The fourth-order valence-electron chi connectivity index (χ4n) is 1.50. The van der Waals surface area contributed by atoms with Crippen molar-refractivity contribution in [3.05, 3.63) is 0 Å². The standard InChI is InChI=1S/C11H23NOSSi/c1-4-5-6-7-8-10(14-9-12)11(2,3)13-15/h10H,4-8H2,1-3,15H3. The van der Waals surface area contributed by atoms with Crippen molar-refractivity contribution in [1.82, 2.24) is 0 Å². The molecule has 0 spiro atoms. The van der Waals surface area contributed by atoms with Gasteiger partial charge in [-0.2, -0.15) is 5.26 Å². The molecule has 2 nitrogen and oxygen atoms in total. The van der Waals surface area contributed by atoms with Gasteiger partial charge in [-0.05, 0) is 32.0 Å². The second-order valence-corrected chi connectivity index (χ2v) is 5.75. The van der Waals surface area contributed by atoms with E-state index in [1.807, 2.05) is 0 Å². The maximum absolute atomic E-state index is 8.77. The zero-order chi connectivity index (χ0) is 11.7. The molecule has 0 radical (unpaired) electrons. The van der Waals surface area contributed by atoms with Crippen LogP contribution in [0, 0.1) is 10.7 Å². The van der Waals surface area contributed by atoms with Crippen LogP contribution in [0.4, 0.5) is 0 Å². The number of hydrogen-bond acceptors (Lipinski definition) is 3. The van der Waals surface area contributed by atoms with Crippen LogP contribution < -0.4 is 0 Å². The van der Waals surface area contributed by atoms with E-state index in [9.17, 15) is 0 Å². The first-order chi connectivity index (χ1) is 7.08. The summed E-state index contributed by atoms with van der Waals surface area (Å²) in [6, 6.07) is 0. The molecular formula is C11H23NOSSi. The van der Waals surface area contributed by atoms with E-state index in [0.29, 0.717) is 5.25 Å². The normalized spacial score (nSPS) is 13.7. The zero-order valence-electron chi connectivity index (χ0n) is 10.4. The quantitative estimate of drug-likeness (QED) is 0.374. The van der Waals surface area contributed by atoms with Crippen LogP contribution in [0.2, 0.25) is 0 Å². The first-order valence-corrected chi connectivity index (χ1v) is 7.38. The molecule has 0 saturated carbocycles. The first-order valence-electron chi connectivity index (χ1n) is 5.68. The van der Waals surface area contributed by atoms with E-state index < -0.39 is 0 Å². The van der Waals surface area contributed by atoms with Gasteiger partial charge in [0.15, 0.2) is 0 Å². The van der Waals surface area contributed by atoms with Gasteiger partial charge < -0.3 is 4.43 Å². The molecule has 0 heterocycles. The topological polar surface area (TPSA) is 33.0 Å². The number of hydrogen-bond donors (Lipinski definition) is 0. The van der Waals surface area contributed by atoms with Crippen LogP contribution in [-0.2, 0) is 4.43 Å². The van der Waals surface area contributed by atoms with Crippen molar-refractivity contribution in [1.29, 1.82) is 5.26 Å². The molecule has 1 unspecified atom stereocenters. The monoisotopic (exact) mass is 245 g/mol. The Morgan fingerprint density at radius 2 is 2.07 bits per heavy atom. The van der Waals surface area contributed by atoms with Crippen molar-refractivity contribution >= 4 is 22.2 Å². The molecule has 15 heavy (non-hydrogen) atoms. The van der Waals surface area contributed by atoms with Gasteiger partial charge in [-0.25, -0.2) is 0 Å². The highest BCUT2D eigenvalue weighted by Crippen LogP contribution is 2.29. The molecule has 0 fully saturated rings. The SMILES string of the molecule is CCCCCCC(SC#N)C(C)(C)O[SiH3]. The summed E-state index contributed by atoms with van der Waals surface area (Å²) in [7, 11) is 0.740. The van der Waals surface area contributed by atoms with Crippen LogP contribution in [0.25, 0.3) is 0 Å². The molecule has 4 heteroatoms. The molecular weight excluding hydrogens is 222 g/mol. The summed E-state index contributed by atoms with van der Waals surface area (Å²) in [4.78, 5) is 0. The van der Waals surface area contributed by atoms with E-state index in [0.717, 1.165) is 16.9 Å². The van der Waals surface area contributed by atoms with Crippen LogP contribution in [0.1, 0.15) is 52.9 Å². The molecule has 88 valence electrons. The van der Waals surface area contributed by atoms with Crippen molar-refractivity contribution in [3.63, 3.8) is 0 Å². The third-order valence-electron chi connectivity index (χ3n) is 2.82. The van der Waals surface area contributed by atoms with Crippen LogP contribution in [0.15, 0.2) is 0 Å². The second kappa shape index (κ2) is 8.20. The van der Waals surface area contributed by atoms with Crippen molar-refractivity contribution in [2.75, 3.05) is 0 Å². The molecule has 0 aliphatic heterocycles. The molecule has 0 amide bonds. The molecule has 0 saturated heterocycles. The van der Waals surface area contributed by atoms with Gasteiger partial charge in [-0.1, -0.05) is 32.6 Å². The maximum atomic E-state index is 8.77. The maximum Gasteiger partial charge on any atom is 0.146 e. The van der Waals surface area contributed by atoms with Gasteiger partial charge in [0.2, 0.25) is 0 Å². The minimum absolute atomic E-state index is 0.140. The van der Waals surface area contributed by atoms with Crippen LogP contribution >= 0.6 is 11.8 Å². The van der Waals surface area contributed by atoms with Crippen molar-refractivity contribution < 1.29 is 4.43 Å². The lowest BCUT2D eigenvalue weighted by molar-refractivity contribution is 0.116. The average Bonchev–Trinajstić information content (AvgIpc) is 2.22. The Kier molecular flexibility index (Phi) is 8.21. The summed E-state index contributed by atoms with van der Waals surface area (Å²) in [6.07, 6.45) is 6.13. The summed E-state index contributed by atoms with van der Waals surface area (Å²) in [6.45, 7) is 6.40. The lowest BCUT2D eigenvalue weighted by Gasteiger charge is -2.31. The summed E-state index contributed by atoms with van der Waals surface area (Å²) in [5.41, 5.74) is -0.140. The van der Waals surface area contributed by atoms with Gasteiger partial charge in [0.25, 0.3) is 0 Å². The minimum atomic E-state index is -0.140. The Morgan fingerprint density at radius 1 is 1.40 bits per heavy atom. The van der Waals surface area contributed by atoms with Crippen LogP contribution in [0.3, 0.4) is 0 Å². The number of nitriles is 1. The van der Waals surface area contributed by atoms with Crippen molar-refractivity contribution in [3.8, 4) is 5.40 Å². The van der Waals surface area contributed by atoms with Crippen LogP contribution in [-0.4, -0.2) is 21.3 Å². The third kappa shape index (κ3) is 6.24. The average molecular weight is 245 g/mol. The Balaban J connectivity index is 4.00. The predicted molar refractivity (Wildman–Crippen MR) is 70.9 cm³/mol. The molecule has 0 aliphatic carbocycles. The van der Waals surface area contributed by atoms with E-state index in [2.05, 4.69) is 26.2 Å². The molecule has 0 rings (SSSR count). The Hall–Kier alpha value is 0.0169. The Labute approximate surface area is 101 Å². The third-order valence-corrected chi connectivity index (χ3v) is 5.06. The molecule has 0 aromatic carbocycles. The molecule has 0 aromatic rings.